The number of pyridine rings is 4. The molecule has 4 aromatic carbocycles. The minimum absolute atomic E-state index is 0. The third-order valence-electron chi connectivity index (χ3n) is 8.64. The number of hydrogen-bond acceptors (Lipinski definition) is 20. The van der Waals surface area contributed by atoms with Gasteiger partial charge in [0.25, 0.3) is 0 Å². The van der Waals surface area contributed by atoms with Gasteiger partial charge in [-0.15, -0.1) is 0 Å². The Bertz CT molecular complexity index is 2760. The minimum Gasteiger partial charge on any atom is -0.857 e. The molecule has 23 heteroatoms. The first kappa shape index (κ1) is 61.6. The standard InChI is InChI=1S/4C13H11N3O2.H2O.2Zn/c4*17-12-7-2-1-6-11(12)13(18)16-15-9-10-5-3-4-8-14-10;;;/h4*1-9,17H,(H,16,18);1H2;;/q;;;;;2*+2/p-4/b4*15-9+;;;. The molecule has 0 atom stereocenters. The molecule has 0 aliphatic rings. The zero-order valence-corrected chi connectivity index (χ0v) is 45.4. The SMILES string of the molecule is O.[O-]/C(=N\N=C\c1ccccn1)c1ccccc1O.[O-]/C(=N\N=C\c1ccccn1)c1ccccc1O.[O-]/C(=N\N=C\c1ccccn1)c1ccccc1O.[O-]/C(=N\N=C\c1ccccn1)c1ccccc1O.[Zn+2].[Zn+2]. The summed E-state index contributed by atoms with van der Waals surface area (Å²) in [5, 5.41) is 113. The van der Waals surface area contributed by atoms with Crippen LogP contribution in [0.1, 0.15) is 45.0 Å². The van der Waals surface area contributed by atoms with Gasteiger partial charge in [0.15, 0.2) is 0 Å². The van der Waals surface area contributed by atoms with Crippen LogP contribution in [0.5, 0.6) is 23.0 Å². The first-order chi connectivity index (χ1) is 35.1. The molecule has 0 saturated carbocycles. The molecule has 0 radical (unpaired) electrons. The number of nitrogens with zero attached hydrogens (tertiary/aromatic N) is 12. The molecule has 368 valence electrons. The second kappa shape index (κ2) is 34.7. The van der Waals surface area contributed by atoms with Crippen LogP contribution < -0.4 is 20.4 Å². The van der Waals surface area contributed by atoms with Gasteiger partial charge in [0.05, 0.1) is 47.6 Å². The first-order valence-electron chi connectivity index (χ1n) is 21.0. The van der Waals surface area contributed by atoms with Gasteiger partial charge < -0.3 is 46.3 Å². The Morgan fingerprint density at radius 1 is 0.307 bits per heavy atom. The molecular weight excluding hydrogens is 1070 g/mol. The number of phenols is 4. The Morgan fingerprint density at radius 2 is 0.493 bits per heavy atom. The molecule has 4 heterocycles. The van der Waals surface area contributed by atoms with E-state index >= 15 is 0 Å². The Labute approximate surface area is 454 Å². The minimum atomic E-state index is -0.597. The zero-order valence-electron chi connectivity index (χ0n) is 39.5. The zero-order chi connectivity index (χ0) is 51.2. The van der Waals surface area contributed by atoms with Gasteiger partial charge >= 0.3 is 39.0 Å². The molecular formula is C52H42N12O9Zn2. The molecule has 0 spiro atoms. The average Bonchev–Trinajstić information content (AvgIpc) is 3.41. The van der Waals surface area contributed by atoms with Crippen molar-refractivity contribution < 1.29 is 85.3 Å². The van der Waals surface area contributed by atoms with Gasteiger partial charge in [-0.25, -0.2) is 0 Å². The first-order valence-corrected chi connectivity index (χ1v) is 21.0. The van der Waals surface area contributed by atoms with Crippen molar-refractivity contribution in [3.63, 3.8) is 0 Å². The van der Waals surface area contributed by atoms with E-state index in [4.69, 9.17) is 0 Å². The maximum absolute atomic E-state index is 11.6. The molecule has 0 aliphatic heterocycles. The van der Waals surface area contributed by atoms with Crippen molar-refractivity contribution >= 4 is 48.4 Å². The summed E-state index contributed by atoms with van der Waals surface area (Å²) in [5.41, 5.74) is 2.90. The normalized spacial score (nSPS) is 11.4. The Morgan fingerprint density at radius 3 is 0.667 bits per heavy atom. The van der Waals surface area contributed by atoms with Crippen LogP contribution in [0.15, 0.2) is 235 Å². The molecule has 0 bridgehead atoms. The van der Waals surface area contributed by atoms with Crippen LogP contribution in [0.3, 0.4) is 0 Å². The van der Waals surface area contributed by atoms with Crippen LogP contribution in [-0.4, -0.2) is 94.3 Å². The molecule has 0 unspecified atom stereocenters. The third-order valence-corrected chi connectivity index (χ3v) is 8.64. The number of hydrogen-bond donors (Lipinski definition) is 4. The molecule has 0 aliphatic carbocycles. The summed E-state index contributed by atoms with van der Waals surface area (Å²) in [6.07, 6.45) is 12.0. The van der Waals surface area contributed by atoms with Gasteiger partial charge in [0.1, 0.15) is 23.0 Å². The van der Waals surface area contributed by atoms with E-state index in [1.54, 1.807) is 146 Å². The maximum atomic E-state index is 11.6. The van der Waals surface area contributed by atoms with Crippen LogP contribution in [-0.2, 0) is 39.0 Å². The van der Waals surface area contributed by atoms with E-state index in [-0.39, 0.29) is 89.7 Å². The quantitative estimate of drug-likeness (QED) is 0.0594. The van der Waals surface area contributed by atoms with E-state index in [1.807, 2.05) is 0 Å². The predicted molar refractivity (Wildman–Crippen MR) is 270 cm³/mol. The van der Waals surface area contributed by atoms with Gasteiger partial charge in [0.2, 0.25) is 0 Å². The van der Waals surface area contributed by atoms with Crippen molar-refractivity contribution in [1.29, 1.82) is 0 Å². The smallest absolute Gasteiger partial charge is 0.857 e. The number of para-hydroxylation sites is 4. The fourth-order valence-corrected chi connectivity index (χ4v) is 5.20. The molecule has 75 heavy (non-hydrogen) atoms. The van der Waals surface area contributed by atoms with E-state index in [9.17, 15) is 40.9 Å². The summed E-state index contributed by atoms with van der Waals surface area (Å²) in [6, 6.07) is 46.0. The van der Waals surface area contributed by atoms with Crippen LogP contribution in [0.2, 0.25) is 0 Å². The van der Waals surface area contributed by atoms with E-state index in [1.165, 1.54) is 73.4 Å². The predicted octanol–water partition coefficient (Wildman–Crippen LogP) is 2.88. The monoisotopic (exact) mass is 1110 g/mol. The summed E-state index contributed by atoms with van der Waals surface area (Å²) in [6.45, 7) is 0. The summed E-state index contributed by atoms with van der Waals surface area (Å²) < 4.78 is 0. The number of phenolic OH excluding ortho intramolecular Hbond substituents is 4. The van der Waals surface area contributed by atoms with Crippen molar-refractivity contribution in [3.8, 4) is 23.0 Å². The van der Waals surface area contributed by atoms with Crippen LogP contribution in [0.25, 0.3) is 0 Å². The van der Waals surface area contributed by atoms with Crippen molar-refractivity contribution in [2.45, 2.75) is 0 Å². The van der Waals surface area contributed by atoms with E-state index in [0.29, 0.717) is 22.8 Å². The van der Waals surface area contributed by atoms with Gasteiger partial charge in [-0.3, -0.25) is 19.9 Å². The number of aromatic nitrogens is 4. The fraction of sp³-hybridized carbons (Fsp3) is 0. The summed E-state index contributed by atoms with van der Waals surface area (Å²) >= 11 is 0. The maximum Gasteiger partial charge on any atom is 2.00 e. The fourth-order valence-electron chi connectivity index (χ4n) is 5.20. The second-order valence-electron chi connectivity index (χ2n) is 13.7. The second-order valence-corrected chi connectivity index (χ2v) is 13.7. The molecule has 0 saturated heterocycles. The van der Waals surface area contributed by atoms with Crippen LogP contribution in [0, 0.1) is 0 Å². The van der Waals surface area contributed by atoms with E-state index in [0.717, 1.165) is 0 Å². The number of aromatic hydroxyl groups is 4. The summed E-state index contributed by atoms with van der Waals surface area (Å²) in [5.74, 6) is -2.83. The molecule has 4 aromatic heterocycles. The van der Waals surface area contributed by atoms with Crippen molar-refractivity contribution in [2.75, 3.05) is 0 Å². The van der Waals surface area contributed by atoms with Crippen molar-refractivity contribution in [3.05, 3.63) is 240 Å². The molecule has 21 nitrogen and oxygen atoms in total. The Kier molecular flexibility index (Phi) is 28.5. The van der Waals surface area contributed by atoms with Crippen molar-refractivity contribution in [2.24, 2.45) is 40.8 Å². The number of rotatable bonds is 12. The molecule has 0 fully saturated rings. The molecule has 8 aromatic rings. The molecule has 0 amide bonds. The average molecular weight is 1110 g/mol. The Balaban J connectivity index is 0.000000338. The largest absolute Gasteiger partial charge is 2.00 e. The summed E-state index contributed by atoms with van der Waals surface area (Å²) in [4.78, 5) is 16.0. The van der Waals surface area contributed by atoms with Gasteiger partial charge in [0, 0.05) is 70.6 Å². The van der Waals surface area contributed by atoms with E-state index < -0.39 is 23.6 Å². The van der Waals surface area contributed by atoms with E-state index in [2.05, 4.69) is 60.7 Å². The Hall–Kier alpha value is -9.55. The number of benzene rings is 4. The van der Waals surface area contributed by atoms with Crippen LogP contribution >= 0.6 is 0 Å². The topological polar surface area (TPSA) is 355 Å². The van der Waals surface area contributed by atoms with Gasteiger partial charge in [-0.05, 0) is 72.8 Å². The van der Waals surface area contributed by atoms with Gasteiger partial charge in [-0.1, -0.05) is 97.1 Å². The van der Waals surface area contributed by atoms with Crippen LogP contribution in [0.4, 0.5) is 0 Å². The van der Waals surface area contributed by atoms with Gasteiger partial charge in [-0.2, -0.15) is 40.8 Å². The summed E-state index contributed by atoms with van der Waals surface area (Å²) in [7, 11) is 0. The third kappa shape index (κ3) is 22.2. The molecule has 8 rings (SSSR count). The van der Waals surface area contributed by atoms with Crippen molar-refractivity contribution in [1.82, 2.24) is 19.9 Å². The molecule has 6 N–H and O–H groups in total.